The third-order valence-corrected chi connectivity index (χ3v) is 4.79. The largest absolute Gasteiger partial charge is 0.501 e. The molecule has 2 aliphatic rings. The fourth-order valence-corrected chi connectivity index (χ4v) is 3.71. The predicted molar refractivity (Wildman–Crippen MR) is 97.2 cm³/mol. The number of piperidine rings is 1. The molecule has 0 aromatic heterocycles. The third-order valence-electron chi connectivity index (χ3n) is 4.79. The van der Waals surface area contributed by atoms with Gasteiger partial charge in [-0.25, -0.2) is 0 Å². The van der Waals surface area contributed by atoms with Crippen molar-refractivity contribution in [1.29, 1.82) is 0 Å². The number of carbonyl (C=O) groups is 2. The van der Waals surface area contributed by atoms with Crippen LogP contribution in [0.3, 0.4) is 0 Å². The first-order valence-electron chi connectivity index (χ1n) is 9.05. The molecule has 2 amide bonds. The number of hydrogen-bond acceptors (Lipinski definition) is 3. The van der Waals surface area contributed by atoms with Crippen molar-refractivity contribution in [2.75, 3.05) is 25.0 Å². The average Bonchev–Trinajstić information content (AvgIpc) is 2.61. The summed E-state index contributed by atoms with van der Waals surface area (Å²) in [7, 11) is 0. The van der Waals surface area contributed by atoms with E-state index in [9.17, 15) is 9.59 Å². The van der Waals surface area contributed by atoms with Gasteiger partial charge in [-0.1, -0.05) is 26.0 Å². The number of benzene rings is 1. The molecule has 0 spiro atoms. The molecule has 5 heteroatoms. The van der Waals surface area contributed by atoms with E-state index in [4.69, 9.17) is 4.74 Å². The van der Waals surface area contributed by atoms with E-state index >= 15 is 0 Å². The Morgan fingerprint density at radius 1 is 1.16 bits per heavy atom. The van der Waals surface area contributed by atoms with Gasteiger partial charge in [-0.2, -0.15) is 0 Å². The van der Waals surface area contributed by atoms with Crippen molar-refractivity contribution in [3.8, 4) is 0 Å². The first-order chi connectivity index (χ1) is 12.0. The Hall–Kier alpha value is -2.30. The highest BCUT2D eigenvalue weighted by Gasteiger charge is 2.27. The molecule has 2 aliphatic heterocycles. The lowest BCUT2D eigenvalue weighted by Gasteiger charge is -2.35. The maximum Gasteiger partial charge on any atom is 0.255 e. The van der Waals surface area contributed by atoms with E-state index in [0.717, 1.165) is 25.9 Å². The predicted octanol–water partition coefficient (Wildman–Crippen LogP) is 3.44. The summed E-state index contributed by atoms with van der Waals surface area (Å²) in [5.41, 5.74) is 1.73. The van der Waals surface area contributed by atoms with Gasteiger partial charge >= 0.3 is 0 Å². The lowest BCUT2D eigenvalue weighted by Crippen LogP contribution is -2.42. The number of hydrogen-bond donors (Lipinski definition) is 1. The summed E-state index contributed by atoms with van der Waals surface area (Å²) in [4.78, 5) is 27.4. The highest BCUT2D eigenvalue weighted by molar-refractivity contribution is 6.08. The molecule has 1 saturated heterocycles. The summed E-state index contributed by atoms with van der Waals surface area (Å²) in [6, 6.07) is 7.24. The van der Waals surface area contributed by atoms with Gasteiger partial charge < -0.3 is 15.0 Å². The van der Waals surface area contributed by atoms with Crippen LogP contribution in [0.2, 0.25) is 0 Å². The molecule has 1 aromatic rings. The maximum absolute atomic E-state index is 13.0. The quantitative estimate of drug-likeness (QED) is 0.915. The Morgan fingerprint density at radius 3 is 2.56 bits per heavy atom. The van der Waals surface area contributed by atoms with Crippen LogP contribution in [0.1, 0.15) is 43.5 Å². The van der Waals surface area contributed by atoms with E-state index < -0.39 is 0 Å². The zero-order valence-corrected chi connectivity index (χ0v) is 15.0. The molecule has 1 N–H and O–H groups in total. The second-order valence-corrected chi connectivity index (χ2v) is 7.27. The second kappa shape index (κ2) is 7.72. The highest BCUT2D eigenvalue weighted by Crippen LogP contribution is 2.25. The van der Waals surface area contributed by atoms with Crippen molar-refractivity contribution in [2.24, 2.45) is 11.8 Å². The Balaban J connectivity index is 1.77. The molecule has 2 heterocycles. The van der Waals surface area contributed by atoms with Gasteiger partial charge in [-0.3, -0.25) is 9.59 Å². The normalized spacial score (nSPS) is 23.4. The fraction of sp³-hybridized carbons (Fsp3) is 0.500. The van der Waals surface area contributed by atoms with Gasteiger partial charge in [0.2, 0.25) is 0 Å². The van der Waals surface area contributed by atoms with Crippen LogP contribution in [0.5, 0.6) is 0 Å². The van der Waals surface area contributed by atoms with Gasteiger partial charge in [0, 0.05) is 13.1 Å². The summed E-state index contributed by atoms with van der Waals surface area (Å²) in [6.07, 6.45) is 4.21. The van der Waals surface area contributed by atoms with Gasteiger partial charge in [0.25, 0.3) is 11.8 Å². The monoisotopic (exact) mass is 342 g/mol. The Labute approximate surface area is 149 Å². The first-order valence-corrected chi connectivity index (χ1v) is 9.05. The van der Waals surface area contributed by atoms with E-state index in [1.54, 1.807) is 12.1 Å². The van der Waals surface area contributed by atoms with E-state index in [1.807, 2.05) is 17.0 Å². The molecular formula is C20H26N2O3. The summed E-state index contributed by atoms with van der Waals surface area (Å²) in [5, 5.41) is 2.89. The number of ether oxygens (including phenoxy) is 1. The van der Waals surface area contributed by atoms with Crippen molar-refractivity contribution in [3.63, 3.8) is 0 Å². The van der Waals surface area contributed by atoms with Crippen molar-refractivity contribution < 1.29 is 14.3 Å². The van der Waals surface area contributed by atoms with Gasteiger partial charge in [0.1, 0.15) is 0 Å². The summed E-state index contributed by atoms with van der Waals surface area (Å²) >= 11 is 0. The number of para-hydroxylation sites is 1. The number of likely N-dealkylation sites (tertiary alicyclic amines) is 1. The van der Waals surface area contributed by atoms with Crippen LogP contribution in [-0.4, -0.2) is 36.4 Å². The van der Waals surface area contributed by atoms with Crippen molar-refractivity contribution >= 4 is 17.5 Å². The molecule has 0 bridgehead atoms. The number of nitrogens with zero attached hydrogens (tertiary/aromatic N) is 1. The molecule has 0 radical (unpaired) electrons. The zero-order chi connectivity index (χ0) is 17.8. The van der Waals surface area contributed by atoms with Crippen molar-refractivity contribution in [3.05, 3.63) is 41.7 Å². The van der Waals surface area contributed by atoms with Crippen LogP contribution in [0.15, 0.2) is 36.1 Å². The van der Waals surface area contributed by atoms with E-state index in [-0.39, 0.29) is 11.8 Å². The molecule has 3 rings (SSSR count). The zero-order valence-electron chi connectivity index (χ0n) is 15.0. The lowest BCUT2D eigenvalue weighted by molar-refractivity contribution is -0.113. The number of carbonyl (C=O) groups excluding carboxylic acids is 2. The van der Waals surface area contributed by atoms with Crippen LogP contribution in [0.25, 0.3) is 0 Å². The minimum atomic E-state index is -0.194. The molecular weight excluding hydrogens is 316 g/mol. The smallest absolute Gasteiger partial charge is 0.255 e. The summed E-state index contributed by atoms with van der Waals surface area (Å²) in [5.74, 6) is 0.793. The van der Waals surface area contributed by atoms with Crippen LogP contribution in [0.4, 0.5) is 5.69 Å². The Bertz CT molecular complexity index is 673. The molecule has 134 valence electrons. The van der Waals surface area contributed by atoms with Crippen LogP contribution in [-0.2, 0) is 9.53 Å². The maximum atomic E-state index is 13.0. The second-order valence-electron chi connectivity index (χ2n) is 7.27. The Morgan fingerprint density at radius 2 is 1.88 bits per heavy atom. The Kier molecular flexibility index (Phi) is 5.41. The number of rotatable bonds is 3. The minimum Gasteiger partial charge on any atom is -0.501 e. The van der Waals surface area contributed by atoms with E-state index in [1.165, 1.54) is 6.26 Å². The average molecular weight is 342 g/mol. The summed E-state index contributed by atoms with van der Waals surface area (Å²) in [6.45, 7) is 6.55. The van der Waals surface area contributed by atoms with Gasteiger partial charge in [-0.05, 0) is 43.2 Å². The molecule has 5 nitrogen and oxygen atoms in total. The third kappa shape index (κ3) is 4.21. The summed E-state index contributed by atoms with van der Waals surface area (Å²) < 4.78 is 5.24. The van der Waals surface area contributed by atoms with Crippen molar-refractivity contribution in [2.45, 2.75) is 33.1 Å². The van der Waals surface area contributed by atoms with E-state index in [0.29, 0.717) is 41.7 Å². The van der Waals surface area contributed by atoms with Crippen LogP contribution in [0, 0.1) is 11.8 Å². The molecule has 1 fully saturated rings. The highest BCUT2D eigenvalue weighted by atomic mass is 16.5. The molecule has 2 atom stereocenters. The van der Waals surface area contributed by atoms with Crippen LogP contribution >= 0.6 is 0 Å². The number of anilines is 1. The van der Waals surface area contributed by atoms with Crippen molar-refractivity contribution in [1.82, 2.24) is 4.90 Å². The SMILES string of the molecule is C[C@H]1C[C@H](C)CN(C(=O)c2ccccc2NC(=O)C2=COCCC2)C1. The topological polar surface area (TPSA) is 58.6 Å². The molecule has 1 aromatic carbocycles. The number of amides is 2. The van der Waals surface area contributed by atoms with Gasteiger partial charge in [-0.15, -0.1) is 0 Å². The van der Waals surface area contributed by atoms with Gasteiger partial charge in [0.15, 0.2) is 0 Å². The molecule has 0 aliphatic carbocycles. The fourth-order valence-electron chi connectivity index (χ4n) is 3.71. The molecule has 0 unspecified atom stereocenters. The molecule has 0 saturated carbocycles. The van der Waals surface area contributed by atoms with Gasteiger partial charge in [0.05, 0.1) is 29.7 Å². The standard InChI is InChI=1S/C20H26N2O3/c1-14-10-15(2)12-22(11-14)20(24)17-7-3-4-8-18(17)21-19(23)16-6-5-9-25-13-16/h3-4,7-8,13-15H,5-6,9-12H2,1-2H3,(H,21,23)/t14-,15-/m0/s1. The van der Waals surface area contributed by atoms with E-state index in [2.05, 4.69) is 19.2 Å². The minimum absolute atomic E-state index is 0.0110. The number of nitrogens with one attached hydrogen (secondary N) is 1. The first kappa shape index (κ1) is 17.5. The lowest BCUT2D eigenvalue weighted by atomic mass is 9.91. The van der Waals surface area contributed by atoms with Crippen LogP contribution < -0.4 is 5.32 Å². The molecule has 25 heavy (non-hydrogen) atoms.